The van der Waals surface area contributed by atoms with Crippen molar-refractivity contribution in [1.29, 1.82) is 0 Å². The first-order chi connectivity index (χ1) is 14.2. The quantitative estimate of drug-likeness (QED) is 0.326. The van der Waals surface area contributed by atoms with Gasteiger partial charge < -0.3 is 20.5 Å². The normalized spacial score (nSPS) is 12.3. The number of nitrogens with one attached hydrogen (secondary N) is 2. The molecule has 0 aromatic heterocycles. The van der Waals surface area contributed by atoms with Crippen LogP contribution in [0.25, 0.3) is 0 Å². The molecule has 0 bridgehead atoms. The molecule has 2 aromatic carbocycles. The average Bonchev–Trinajstić information content (AvgIpc) is 3.13. The van der Waals surface area contributed by atoms with Crippen LogP contribution in [0.15, 0.2) is 42.5 Å². The molecule has 1 heterocycles. The molecule has 30 heavy (non-hydrogen) atoms. The summed E-state index contributed by atoms with van der Waals surface area (Å²) in [5.41, 5.74) is 4.01. The minimum Gasteiger partial charge on any atom is -0.506 e. The van der Waals surface area contributed by atoms with Crippen molar-refractivity contribution < 1.29 is 14.6 Å². The first kappa shape index (κ1) is 24.2. The molecular formula is C24H33ClN2O3. The molecule has 3 rings (SSSR count). The van der Waals surface area contributed by atoms with Crippen molar-refractivity contribution >= 4 is 24.0 Å². The van der Waals surface area contributed by atoms with E-state index in [4.69, 9.17) is 4.74 Å². The maximum absolute atomic E-state index is 11.6. The summed E-state index contributed by atoms with van der Waals surface area (Å²) in [6.07, 6.45) is 6.92. The zero-order valence-corrected chi connectivity index (χ0v) is 18.3. The number of rotatable bonds is 13. The van der Waals surface area contributed by atoms with Gasteiger partial charge in [0.15, 0.2) is 0 Å². The standard InChI is InChI=1S/C24H32N2O3.ClH/c27-22-11-10-20(21-18-23(28)26-24(21)22)12-15-25-14-6-1-2-7-16-29-17-13-19-8-4-3-5-9-19;/h3-5,8-11,25,27H,1-2,6-7,12-18H2,(H,26,28);1H. The van der Waals surface area contributed by atoms with Crippen LogP contribution in [-0.2, 0) is 28.8 Å². The topological polar surface area (TPSA) is 70.6 Å². The third-order valence-corrected chi connectivity index (χ3v) is 5.33. The zero-order valence-electron chi connectivity index (χ0n) is 17.5. The van der Waals surface area contributed by atoms with Crippen LogP contribution in [-0.4, -0.2) is 37.3 Å². The molecule has 0 fully saturated rings. The molecule has 2 aromatic rings. The molecule has 6 heteroatoms. The van der Waals surface area contributed by atoms with Crippen LogP contribution in [0.5, 0.6) is 5.75 Å². The van der Waals surface area contributed by atoms with Gasteiger partial charge in [0.2, 0.25) is 5.91 Å². The van der Waals surface area contributed by atoms with E-state index in [0.717, 1.165) is 63.1 Å². The highest BCUT2D eigenvalue weighted by Crippen LogP contribution is 2.34. The van der Waals surface area contributed by atoms with Crippen molar-refractivity contribution in [1.82, 2.24) is 5.32 Å². The van der Waals surface area contributed by atoms with E-state index in [1.165, 1.54) is 18.4 Å². The summed E-state index contributed by atoms with van der Waals surface area (Å²) in [4.78, 5) is 11.6. The number of carbonyl (C=O) groups excluding carboxylic acids is 1. The number of anilines is 1. The van der Waals surface area contributed by atoms with E-state index in [1.54, 1.807) is 6.07 Å². The monoisotopic (exact) mass is 432 g/mol. The zero-order chi connectivity index (χ0) is 20.3. The minimum atomic E-state index is -0.0419. The van der Waals surface area contributed by atoms with E-state index in [1.807, 2.05) is 12.1 Å². The number of hydrogen-bond acceptors (Lipinski definition) is 4. The Kier molecular flexibility index (Phi) is 10.7. The molecular weight excluding hydrogens is 400 g/mol. The fourth-order valence-electron chi connectivity index (χ4n) is 3.69. The van der Waals surface area contributed by atoms with Gasteiger partial charge in [-0.1, -0.05) is 49.2 Å². The Bertz CT molecular complexity index is 784. The second-order valence-electron chi connectivity index (χ2n) is 7.58. The van der Waals surface area contributed by atoms with Crippen molar-refractivity contribution in [2.45, 2.75) is 44.9 Å². The van der Waals surface area contributed by atoms with Crippen molar-refractivity contribution in [3.8, 4) is 5.75 Å². The van der Waals surface area contributed by atoms with Gasteiger partial charge in [0, 0.05) is 6.61 Å². The van der Waals surface area contributed by atoms with Crippen LogP contribution in [0.1, 0.15) is 42.4 Å². The number of hydrogen-bond donors (Lipinski definition) is 3. The summed E-state index contributed by atoms with van der Waals surface area (Å²) < 4.78 is 5.72. The number of aromatic hydroxyl groups is 1. The van der Waals surface area contributed by atoms with Crippen LogP contribution >= 0.6 is 12.4 Å². The first-order valence-corrected chi connectivity index (χ1v) is 10.7. The molecule has 0 saturated heterocycles. The summed E-state index contributed by atoms with van der Waals surface area (Å²) in [5.74, 6) is 0.117. The van der Waals surface area contributed by atoms with Crippen molar-refractivity contribution in [3.63, 3.8) is 0 Å². The van der Waals surface area contributed by atoms with Crippen LogP contribution in [0, 0.1) is 0 Å². The Morgan fingerprint density at radius 2 is 1.73 bits per heavy atom. The predicted molar refractivity (Wildman–Crippen MR) is 124 cm³/mol. The van der Waals surface area contributed by atoms with Crippen LogP contribution in [0.3, 0.4) is 0 Å². The highest BCUT2D eigenvalue weighted by atomic mass is 35.5. The van der Waals surface area contributed by atoms with Crippen molar-refractivity contribution in [2.75, 3.05) is 31.6 Å². The Hall–Kier alpha value is -2.08. The first-order valence-electron chi connectivity index (χ1n) is 10.7. The summed E-state index contributed by atoms with van der Waals surface area (Å²) in [6, 6.07) is 14.1. The lowest BCUT2D eigenvalue weighted by Gasteiger charge is -2.10. The third kappa shape index (κ3) is 7.63. The molecule has 0 atom stereocenters. The number of phenolic OH excluding ortho intramolecular Hbond substituents is 1. The van der Waals surface area contributed by atoms with Crippen LogP contribution < -0.4 is 10.6 Å². The Labute approximate surface area is 185 Å². The van der Waals surface area contributed by atoms with Gasteiger partial charge in [-0.05, 0) is 61.5 Å². The molecule has 3 N–H and O–H groups in total. The maximum Gasteiger partial charge on any atom is 0.228 e. The maximum atomic E-state index is 11.6. The number of unbranched alkanes of at least 4 members (excludes halogenated alkanes) is 3. The van der Waals surface area contributed by atoms with Gasteiger partial charge in [0.05, 0.1) is 18.7 Å². The summed E-state index contributed by atoms with van der Waals surface area (Å²) in [6.45, 7) is 3.53. The van der Waals surface area contributed by atoms with E-state index in [0.29, 0.717) is 12.1 Å². The second kappa shape index (κ2) is 13.3. The molecule has 164 valence electrons. The average molecular weight is 433 g/mol. The fraction of sp³-hybridized carbons (Fsp3) is 0.458. The fourth-order valence-corrected chi connectivity index (χ4v) is 3.69. The molecule has 0 aliphatic carbocycles. The van der Waals surface area contributed by atoms with Gasteiger partial charge in [-0.2, -0.15) is 0 Å². The summed E-state index contributed by atoms with van der Waals surface area (Å²) >= 11 is 0. The largest absolute Gasteiger partial charge is 0.506 e. The van der Waals surface area contributed by atoms with Crippen molar-refractivity contribution in [2.24, 2.45) is 0 Å². The Balaban J connectivity index is 0.00000320. The molecule has 0 radical (unpaired) electrons. The van der Waals surface area contributed by atoms with E-state index in [-0.39, 0.29) is 24.1 Å². The molecule has 0 saturated carbocycles. The van der Waals surface area contributed by atoms with Gasteiger partial charge in [-0.3, -0.25) is 4.79 Å². The van der Waals surface area contributed by atoms with Gasteiger partial charge in [-0.15, -0.1) is 12.4 Å². The Morgan fingerprint density at radius 1 is 0.933 bits per heavy atom. The van der Waals surface area contributed by atoms with E-state index in [9.17, 15) is 9.90 Å². The number of ether oxygens (including phenoxy) is 1. The smallest absolute Gasteiger partial charge is 0.228 e. The molecule has 1 amide bonds. The SMILES string of the molecule is Cl.O=C1Cc2c(CCNCCCCCCOCCc3ccccc3)ccc(O)c2N1. The number of phenols is 1. The third-order valence-electron chi connectivity index (χ3n) is 5.33. The van der Waals surface area contributed by atoms with Gasteiger partial charge in [-0.25, -0.2) is 0 Å². The summed E-state index contributed by atoms with van der Waals surface area (Å²) in [5, 5.41) is 16.1. The molecule has 1 aliphatic heterocycles. The van der Waals surface area contributed by atoms with Crippen LogP contribution in [0.4, 0.5) is 5.69 Å². The molecule has 5 nitrogen and oxygen atoms in total. The lowest BCUT2D eigenvalue weighted by Crippen LogP contribution is -2.19. The number of fused-ring (bicyclic) bond motifs is 1. The van der Waals surface area contributed by atoms with E-state index < -0.39 is 0 Å². The van der Waals surface area contributed by atoms with E-state index in [2.05, 4.69) is 34.9 Å². The number of halogens is 1. The molecule has 0 spiro atoms. The van der Waals surface area contributed by atoms with Gasteiger partial charge in [0.25, 0.3) is 0 Å². The van der Waals surface area contributed by atoms with Gasteiger partial charge >= 0.3 is 0 Å². The predicted octanol–water partition coefficient (Wildman–Crippen LogP) is 4.26. The van der Waals surface area contributed by atoms with Crippen LogP contribution in [0.2, 0.25) is 0 Å². The summed E-state index contributed by atoms with van der Waals surface area (Å²) in [7, 11) is 0. The minimum absolute atomic E-state index is 0. The highest BCUT2D eigenvalue weighted by Gasteiger charge is 2.23. The Morgan fingerprint density at radius 3 is 2.57 bits per heavy atom. The lowest BCUT2D eigenvalue weighted by molar-refractivity contribution is -0.115. The highest BCUT2D eigenvalue weighted by molar-refractivity contribution is 6.01. The van der Waals surface area contributed by atoms with Gasteiger partial charge in [0.1, 0.15) is 5.75 Å². The molecule has 0 unspecified atom stereocenters. The lowest BCUT2D eigenvalue weighted by atomic mass is 10.0. The second-order valence-corrected chi connectivity index (χ2v) is 7.58. The molecule has 1 aliphatic rings. The van der Waals surface area contributed by atoms with Crippen molar-refractivity contribution in [3.05, 3.63) is 59.2 Å². The number of benzene rings is 2. The number of amides is 1. The number of carbonyl (C=O) groups is 1. The van der Waals surface area contributed by atoms with E-state index >= 15 is 0 Å².